The zero-order valence-electron chi connectivity index (χ0n) is 13.1. The Balaban J connectivity index is 1.78. The van der Waals surface area contributed by atoms with Gasteiger partial charge in [0.1, 0.15) is 0 Å². The van der Waals surface area contributed by atoms with Crippen LogP contribution >= 0.6 is 21.6 Å². The minimum absolute atomic E-state index is 0.214. The van der Waals surface area contributed by atoms with Crippen LogP contribution in [0, 0.1) is 0 Å². The van der Waals surface area contributed by atoms with Gasteiger partial charge in [-0.3, -0.25) is 4.79 Å². The Hall–Kier alpha value is 0.0900. The van der Waals surface area contributed by atoms with Gasteiger partial charge in [-0.15, -0.1) is 0 Å². The average Bonchev–Trinajstić information content (AvgIpc) is 3.00. The maximum atomic E-state index is 11.7. The van der Waals surface area contributed by atoms with E-state index in [1.165, 1.54) is 25.0 Å². The predicted octanol–water partition coefficient (Wildman–Crippen LogP) is 2.54. The Morgan fingerprint density at radius 2 is 1.95 bits per heavy atom. The van der Waals surface area contributed by atoms with E-state index in [1.807, 2.05) is 21.6 Å². The van der Waals surface area contributed by atoms with Crippen LogP contribution in [-0.2, 0) is 4.79 Å². The molecule has 0 aromatic carbocycles. The molecular formula is C15H31N3OS2. The molecule has 124 valence electrons. The molecule has 4 N–H and O–H groups in total. The first-order chi connectivity index (χ1) is 10.3. The molecule has 0 bridgehead atoms. The van der Waals surface area contributed by atoms with Crippen LogP contribution in [-0.4, -0.2) is 43.1 Å². The first-order valence-corrected chi connectivity index (χ1v) is 10.7. The summed E-state index contributed by atoms with van der Waals surface area (Å²) in [5.41, 5.74) is 5.43. The van der Waals surface area contributed by atoms with E-state index < -0.39 is 0 Å². The molecule has 0 aromatic heterocycles. The van der Waals surface area contributed by atoms with E-state index in [2.05, 4.69) is 10.6 Å². The molecule has 1 saturated heterocycles. The summed E-state index contributed by atoms with van der Waals surface area (Å²) < 4.78 is 0. The van der Waals surface area contributed by atoms with Crippen LogP contribution in [0.1, 0.15) is 51.4 Å². The monoisotopic (exact) mass is 333 g/mol. The molecular weight excluding hydrogens is 302 g/mol. The van der Waals surface area contributed by atoms with Crippen LogP contribution in [0.15, 0.2) is 0 Å². The summed E-state index contributed by atoms with van der Waals surface area (Å²) in [6, 6.07) is 0. The SMILES string of the molecule is NCCCCNCCCNC(=O)CCCCC1CCSS1. The minimum atomic E-state index is 0.214. The first-order valence-electron chi connectivity index (χ1n) is 8.28. The smallest absolute Gasteiger partial charge is 0.219 e. The first kappa shape index (κ1) is 19.1. The van der Waals surface area contributed by atoms with E-state index in [0.717, 1.165) is 57.1 Å². The van der Waals surface area contributed by atoms with E-state index in [4.69, 9.17) is 5.73 Å². The zero-order chi connectivity index (χ0) is 15.2. The van der Waals surface area contributed by atoms with Gasteiger partial charge in [-0.25, -0.2) is 0 Å². The van der Waals surface area contributed by atoms with E-state index in [9.17, 15) is 4.79 Å². The fourth-order valence-electron chi connectivity index (χ4n) is 2.27. The third-order valence-electron chi connectivity index (χ3n) is 3.57. The number of carbonyl (C=O) groups is 1. The Morgan fingerprint density at radius 3 is 2.71 bits per heavy atom. The summed E-state index contributed by atoms with van der Waals surface area (Å²) in [6.07, 6.45) is 8.76. The maximum Gasteiger partial charge on any atom is 0.219 e. The van der Waals surface area contributed by atoms with E-state index in [-0.39, 0.29) is 5.91 Å². The van der Waals surface area contributed by atoms with Gasteiger partial charge in [0.15, 0.2) is 0 Å². The molecule has 1 rings (SSSR count). The van der Waals surface area contributed by atoms with Gasteiger partial charge in [0.2, 0.25) is 5.91 Å². The number of nitrogens with two attached hydrogens (primary N) is 1. The van der Waals surface area contributed by atoms with Crippen LogP contribution in [0.4, 0.5) is 0 Å². The number of carbonyl (C=O) groups excluding carboxylic acids is 1. The summed E-state index contributed by atoms with van der Waals surface area (Å²) in [6.45, 7) is 3.57. The van der Waals surface area contributed by atoms with Gasteiger partial charge in [-0.2, -0.15) is 0 Å². The lowest BCUT2D eigenvalue weighted by Crippen LogP contribution is -2.27. The lowest BCUT2D eigenvalue weighted by Gasteiger charge is -2.08. The number of unbranched alkanes of at least 4 members (excludes halogenated alkanes) is 2. The molecule has 4 nitrogen and oxygen atoms in total. The van der Waals surface area contributed by atoms with Gasteiger partial charge in [0.25, 0.3) is 0 Å². The van der Waals surface area contributed by atoms with Crippen molar-refractivity contribution in [3.63, 3.8) is 0 Å². The highest BCUT2D eigenvalue weighted by Gasteiger charge is 2.15. The lowest BCUT2D eigenvalue weighted by molar-refractivity contribution is -0.121. The molecule has 0 saturated carbocycles. The second-order valence-corrected chi connectivity index (χ2v) is 8.31. The molecule has 0 aromatic rings. The molecule has 1 aliphatic rings. The Kier molecular flexibility index (Phi) is 12.5. The fourth-order valence-corrected chi connectivity index (χ4v) is 5.30. The highest BCUT2D eigenvalue weighted by atomic mass is 33.1. The van der Waals surface area contributed by atoms with Gasteiger partial charge in [-0.05, 0) is 58.2 Å². The third kappa shape index (κ3) is 11.3. The molecule has 1 unspecified atom stereocenters. The number of nitrogens with one attached hydrogen (secondary N) is 2. The second-order valence-electron chi connectivity index (χ2n) is 5.52. The van der Waals surface area contributed by atoms with Crippen LogP contribution in [0.5, 0.6) is 0 Å². The number of hydrogen-bond acceptors (Lipinski definition) is 5. The fraction of sp³-hybridized carbons (Fsp3) is 0.933. The van der Waals surface area contributed by atoms with Crippen molar-refractivity contribution in [2.24, 2.45) is 5.73 Å². The van der Waals surface area contributed by atoms with Crippen LogP contribution in [0.25, 0.3) is 0 Å². The van der Waals surface area contributed by atoms with Gasteiger partial charge < -0.3 is 16.4 Å². The predicted molar refractivity (Wildman–Crippen MR) is 95.7 cm³/mol. The molecule has 6 heteroatoms. The zero-order valence-corrected chi connectivity index (χ0v) is 14.7. The van der Waals surface area contributed by atoms with Crippen LogP contribution in [0.3, 0.4) is 0 Å². The Morgan fingerprint density at radius 1 is 1.10 bits per heavy atom. The number of rotatable bonds is 13. The minimum Gasteiger partial charge on any atom is -0.356 e. The molecule has 0 radical (unpaired) electrons. The molecule has 1 amide bonds. The summed E-state index contributed by atoms with van der Waals surface area (Å²) in [7, 11) is 4.02. The van der Waals surface area contributed by atoms with Crippen molar-refractivity contribution in [2.75, 3.05) is 31.9 Å². The molecule has 1 atom stereocenters. The standard InChI is InChI=1S/C15H31N3OS2/c16-9-3-4-10-17-11-5-12-18-15(19)7-2-1-6-14-8-13-20-21-14/h14,17H,1-13,16H2,(H,18,19). The highest BCUT2D eigenvalue weighted by Crippen LogP contribution is 2.39. The van der Waals surface area contributed by atoms with Crippen LogP contribution in [0.2, 0.25) is 0 Å². The maximum absolute atomic E-state index is 11.7. The number of amides is 1. The van der Waals surface area contributed by atoms with Gasteiger partial charge in [-0.1, -0.05) is 28.0 Å². The quantitative estimate of drug-likeness (QED) is 0.357. The van der Waals surface area contributed by atoms with Gasteiger partial charge in [0.05, 0.1) is 0 Å². The number of hydrogen-bond donors (Lipinski definition) is 3. The van der Waals surface area contributed by atoms with Crippen molar-refractivity contribution in [1.29, 1.82) is 0 Å². The molecule has 1 fully saturated rings. The molecule has 1 aliphatic heterocycles. The van der Waals surface area contributed by atoms with E-state index >= 15 is 0 Å². The van der Waals surface area contributed by atoms with Crippen molar-refractivity contribution in [3.05, 3.63) is 0 Å². The average molecular weight is 334 g/mol. The van der Waals surface area contributed by atoms with Crippen LogP contribution < -0.4 is 16.4 Å². The van der Waals surface area contributed by atoms with Crippen molar-refractivity contribution < 1.29 is 4.79 Å². The summed E-state index contributed by atoms with van der Waals surface area (Å²) in [5, 5.41) is 7.21. The van der Waals surface area contributed by atoms with E-state index in [1.54, 1.807) is 0 Å². The third-order valence-corrected chi connectivity index (χ3v) is 6.57. The molecule has 0 aliphatic carbocycles. The van der Waals surface area contributed by atoms with Crippen molar-refractivity contribution in [1.82, 2.24) is 10.6 Å². The normalized spacial score (nSPS) is 18.0. The van der Waals surface area contributed by atoms with Crippen molar-refractivity contribution >= 4 is 27.5 Å². The van der Waals surface area contributed by atoms with Gasteiger partial charge >= 0.3 is 0 Å². The summed E-state index contributed by atoms with van der Waals surface area (Å²) in [4.78, 5) is 11.7. The van der Waals surface area contributed by atoms with Crippen molar-refractivity contribution in [2.45, 2.75) is 56.6 Å². The summed E-state index contributed by atoms with van der Waals surface area (Å²) >= 11 is 0. The Labute approximate surface area is 137 Å². The second kappa shape index (κ2) is 13.7. The highest BCUT2D eigenvalue weighted by molar-refractivity contribution is 8.77. The van der Waals surface area contributed by atoms with Crippen molar-refractivity contribution in [3.8, 4) is 0 Å². The molecule has 1 heterocycles. The van der Waals surface area contributed by atoms with Gasteiger partial charge in [0, 0.05) is 24.0 Å². The topological polar surface area (TPSA) is 67.2 Å². The molecule has 21 heavy (non-hydrogen) atoms. The van der Waals surface area contributed by atoms with E-state index in [0.29, 0.717) is 6.42 Å². The largest absolute Gasteiger partial charge is 0.356 e. The molecule has 0 spiro atoms. The lowest BCUT2D eigenvalue weighted by atomic mass is 10.1. The summed E-state index contributed by atoms with van der Waals surface area (Å²) in [5.74, 6) is 1.52. The Bertz CT molecular complexity index is 261.